The summed E-state index contributed by atoms with van der Waals surface area (Å²) in [5, 5.41) is 6.71. The molecule has 0 aliphatic heterocycles. The van der Waals surface area contributed by atoms with Crippen molar-refractivity contribution in [1.82, 2.24) is 15.5 Å². The van der Waals surface area contributed by atoms with E-state index in [0.717, 1.165) is 28.0 Å². The Morgan fingerprint density at radius 1 is 1.19 bits per heavy atom. The SMILES string of the molecule is Cc1cc(C)c(C)c(O[C@H](C)C(=O)NCc2nc(-c3ccccc3)no2)c1. The van der Waals surface area contributed by atoms with E-state index in [9.17, 15) is 4.79 Å². The van der Waals surface area contributed by atoms with Crippen LogP contribution in [0.4, 0.5) is 0 Å². The zero-order chi connectivity index (χ0) is 19.4. The van der Waals surface area contributed by atoms with Crippen LogP contribution in [0.25, 0.3) is 11.4 Å². The zero-order valence-corrected chi connectivity index (χ0v) is 15.9. The molecule has 3 rings (SSSR count). The van der Waals surface area contributed by atoms with Gasteiger partial charge in [-0.3, -0.25) is 4.79 Å². The Balaban J connectivity index is 1.59. The van der Waals surface area contributed by atoms with E-state index in [-0.39, 0.29) is 12.5 Å². The van der Waals surface area contributed by atoms with E-state index in [1.807, 2.05) is 57.2 Å². The van der Waals surface area contributed by atoms with Crippen LogP contribution in [0.1, 0.15) is 29.5 Å². The van der Waals surface area contributed by atoms with Gasteiger partial charge in [-0.2, -0.15) is 4.98 Å². The fourth-order valence-corrected chi connectivity index (χ4v) is 2.70. The Hall–Kier alpha value is -3.15. The van der Waals surface area contributed by atoms with Crippen LogP contribution in [0, 0.1) is 20.8 Å². The number of ether oxygens (including phenoxy) is 1. The number of carbonyl (C=O) groups excluding carboxylic acids is 1. The number of carbonyl (C=O) groups is 1. The van der Waals surface area contributed by atoms with Crippen molar-refractivity contribution >= 4 is 5.91 Å². The molecular weight excluding hydrogens is 342 g/mol. The highest BCUT2D eigenvalue weighted by atomic mass is 16.5. The van der Waals surface area contributed by atoms with Crippen molar-refractivity contribution in [2.24, 2.45) is 0 Å². The average Bonchev–Trinajstić information content (AvgIpc) is 3.13. The van der Waals surface area contributed by atoms with Crippen molar-refractivity contribution in [2.45, 2.75) is 40.3 Å². The third-order valence-corrected chi connectivity index (χ3v) is 4.35. The Morgan fingerprint density at radius 3 is 2.67 bits per heavy atom. The van der Waals surface area contributed by atoms with Gasteiger partial charge in [0.15, 0.2) is 6.10 Å². The maximum Gasteiger partial charge on any atom is 0.261 e. The molecule has 1 N–H and O–H groups in total. The van der Waals surface area contributed by atoms with Gasteiger partial charge >= 0.3 is 0 Å². The lowest BCUT2D eigenvalue weighted by Crippen LogP contribution is -2.36. The van der Waals surface area contributed by atoms with Gasteiger partial charge in [-0.1, -0.05) is 41.6 Å². The number of aryl methyl sites for hydroxylation is 2. The van der Waals surface area contributed by atoms with Crippen molar-refractivity contribution in [3.8, 4) is 17.1 Å². The minimum Gasteiger partial charge on any atom is -0.481 e. The summed E-state index contributed by atoms with van der Waals surface area (Å²) in [5.74, 6) is 1.32. The van der Waals surface area contributed by atoms with Crippen molar-refractivity contribution in [1.29, 1.82) is 0 Å². The van der Waals surface area contributed by atoms with Crippen LogP contribution >= 0.6 is 0 Å². The fraction of sp³-hybridized carbons (Fsp3) is 0.286. The highest BCUT2D eigenvalue weighted by Gasteiger charge is 2.17. The molecule has 0 fully saturated rings. The zero-order valence-electron chi connectivity index (χ0n) is 15.9. The summed E-state index contributed by atoms with van der Waals surface area (Å²) >= 11 is 0. The summed E-state index contributed by atoms with van der Waals surface area (Å²) in [7, 11) is 0. The number of nitrogens with zero attached hydrogens (tertiary/aromatic N) is 2. The molecule has 0 unspecified atom stereocenters. The number of benzene rings is 2. The van der Waals surface area contributed by atoms with Crippen molar-refractivity contribution in [3.63, 3.8) is 0 Å². The first-order valence-corrected chi connectivity index (χ1v) is 8.84. The lowest BCUT2D eigenvalue weighted by atomic mass is 10.1. The van der Waals surface area contributed by atoms with E-state index in [1.165, 1.54) is 0 Å². The molecule has 0 bridgehead atoms. The van der Waals surface area contributed by atoms with Crippen molar-refractivity contribution in [2.75, 3.05) is 0 Å². The Morgan fingerprint density at radius 2 is 1.93 bits per heavy atom. The third kappa shape index (κ3) is 4.53. The lowest BCUT2D eigenvalue weighted by molar-refractivity contribution is -0.127. The van der Waals surface area contributed by atoms with Crippen LogP contribution in [0.3, 0.4) is 0 Å². The van der Waals surface area contributed by atoms with E-state index in [4.69, 9.17) is 9.26 Å². The molecule has 3 aromatic rings. The minimum absolute atomic E-state index is 0.151. The summed E-state index contributed by atoms with van der Waals surface area (Å²) in [6, 6.07) is 13.6. The molecule has 0 spiro atoms. The van der Waals surface area contributed by atoms with Crippen molar-refractivity contribution in [3.05, 3.63) is 65.0 Å². The van der Waals surface area contributed by atoms with Crippen LogP contribution < -0.4 is 10.1 Å². The van der Waals surface area contributed by atoms with Crippen LogP contribution in [0.15, 0.2) is 47.0 Å². The molecule has 0 radical (unpaired) electrons. The minimum atomic E-state index is -0.638. The van der Waals surface area contributed by atoms with Gasteiger partial charge in [-0.25, -0.2) is 0 Å². The molecule has 1 heterocycles. The number of amides is 1. The van der Waals surface area contributed by atoms with E-state index in [0.29, 0.717) is 11.7 Å². The summed E-state index contributed by atoms with van der Waals surface area (Å²) in [4.78, 5) is 16.7. The van der Waals surface area contributed by atoms with Gasteiger partial charge < -0.3 is 14.6 Å². The van der Waals surface area contributed by atoms with E-state index in [2.05, 4.69) is 21.5 Å². The van der Waals surface area contributed by atoms with Crippen LogP contribution in [-0.2, 0) is 11.3 Å². The highest BCUT2D eigenvalue weighted by molar-refractivity contribution is 5.80. The number of rotatable bonds is 6. The van der Waals surface area contributed by atoms with Gasteiger partial charge in [-0.15, -0.1) is 0 Å². The van der Waals surface area contributed by atoms with E-state index >= 15 is 0 Å². The number of aromatic nitrogens is 2. The second-order valence-electron chi connectivity index (χ2n) is 6.56. The molecule has 27 heavy (non-hydrogen) atoms. The molecule has 0 aliphatic carbocycles. The predicted molar refractivity (Wildman–Crippen MR) is 102 cm³/mol. The van der Waals surface area contributed by atoms with Crippen LogP contribution in [-0.4, -0.2) is 22.2 Å². The standard InChI is InChI=1S/C21H23N3O3/c1-13-10-14(2)15(3)18(11-13)26-16(4)21(25)22-12-19-23-20(24-27-19)17-8-6-5-7-9-17/h5-11,16H,12H2,1-4H3,(H,22,25)/t16-/m1/s1. The first kappa shape index (κ1) is 18.6. The molecule has 6 heteroatoms. The molecule has 2 aromatic carbocycles. The lowest BCUT2D eigenvalue weighted by Gasteiger charge is -2.17. The predicted octanol–water partition coefficient (Wildman–Crippen LogP) is 3.75. The summed E-state index contributed by atoms with van der Waals surface area (Å²) in [6.45, 7) is 7.88. The highest BCUT2D eigenvalue weighted by Crippen LogP contribution is 2.24. The van der Waals surface area contributed by atoms with Crippen molar-refractivity contribution < 1.29 is 14.1 Å². The number of hydrogen-bond donors (Lipinski definition) is 1. The second-order valence-corrected chi connectivity index (χ2v) is 6.56. The topological polar surface area (TPSA) is 77.2 Å². The smallest absolute Gasteiger partial charge is 0.261 e. The summed E-state index contributed by atoms with van der Waals surface area (Å²) in [5.41, 5.74) is 4.13. The molecule has 6 nitrogen and oxygen atoms in total. The molecule has 0 saturated heterocycles. The monoisotopic (exact) mass is 365 g/mol. The molecular formula is C21H23N3O3. The van der Waals surface area contributed by atoms with E-state index < -0.39 is 6.10 Å². The molecule has 1 aromatic heterocycles. The maximum absolute atomic E-state index is 12.4. The first-order valence-electron chi connectivity index (χ1n) is 8.84. The van der Waals surface area contributed by atoms with Gasteiger partial charge in [0.1, 0.15) is 5.75 Å². The van der Waals surface area contributed by atoms with Crippen LogP contribution in [0.2, 0.25) is 0 Å². The first-order chi connectivity index (χ1) is 12.9. The average molecular weight is 365 g/mol. The molecule has 1 atom stereocenters. The molecule has 0 aliphatic rings. The normalized spacial score (nSPS) is 11.9. The van der Waals surface area contributed by atoms with Gasteiger partial charge in [0.05, 0.1) is 6.54 Å². The summed E-state index contributed by atoms with van der Waals surface area (Å²) in [6.07, 6.45) is -0.638. The second kappa shape index (κ2) is 8.03. The Labute approximate surface area is 158 Å². The van der Waals surface area contributed by atoms with Gasteiger partial charge in [0, 0.05) is 5.56 Å². The van der Waals surface area contributed by atoms with Gasteiger partial charge in [0.25, 0.3) is 5.91 Å². The number of hydrogen-bond acceptors (Lipinski definition) is 5. The molecule has 140 valence electrons. The number of nitrogens with one attached hydrogen (secondary N) is 1. The largest absolute Gasteiger partial charge is 0.481 e. The molecule has 1 amide bonds. The Bertz CT molecular complexity index is 935. The quantitative estimate of drug-likeness (QED) is 0.720. The van der Waals surface area contributed by atoms with Gasteiger partial charge in [-0.05, 0) is 50.5 Å². The Kier molecular flexibility index (Phi) is 5.54. The fourth-order valence-electron chi connectivity index (χ4n) is 2.70. The van der Waals surface area contributed by atoms with Crippen LogP contribution in [0.5, 0.6) is 5.75 Å². The molecule has 0 saturated carbocycles. The summed E-state index contributed by atoms with van der Waals surface area (Å²) < 4.78 is 11.1. The van der Waals surface area contributed by atoms with E-state index in [1.54, 1.807) is 6.92 Å². The van der Waals surface area contributed by atoms with Gasteiger partial charge in [0.2, 0.25) is 11.7 Å². The maximum atomic E-state index is 12.4. The third-order valence-electron chi connectivity index (χ3n) is 4.35.